The number of benzene rings is 2. The molecule has 20 heavy (non-hydrogen) atoms. The fourth-order valence-electron chi connectivity index (χ4n) is 1.71. The third-order valence-electron chi connectivity index (χ3n) is 2.57. The summed E-state index contributed by atoms with van der Waals surface area (Å²) < 4.78 is 12.5. The van der Waals surface area contributed by atoms with Crippen LogP contribution in [0.5, 0.6) is 0 Å². The summed E-state index contributed by atoms with van der Waals surface area (Å²) in [6.07, 6.45) is 2.88. The van der Waals surface area contributed by atoms with Crippen LogP contribution in [0.1, 0.15) is 0 Å². The predicted molar refractivity (Wildman–Crippen MR) is 76.7 cm³/mol. The molecule has 0 saturated carbocycles. The fourth-order valence-corrected chi connectivity index (χ4v) is 3.09. The Morgan fingerprint density at radius 2 is 1.25 bits per heavy atom. The Hall–Kier alpha value is -2.57. The van der Waals surface area contributed by atoms with Gasteiger partial charge in [0.15, 0.2) is 0 Å². The lowest BCUT2D eigenvalue weighted by atomic mass is 10.3. The maximum absolute atomic E-state index is 12.5. The lowest BCUT2D eigenvalue weighted by Crippen LogP contribution is -2.05. The average molecular weight is 284 g/mol. The van der Waals surface area contributed by atoms with Crippen molar-refractivity contribution >= 4 is 41.9 Å². The molecule has 0 unspecified atom stereocenters. The summed E-state index contributed by atoms with van der Waals surface area (Å²) >= 11 is 0. The molecule has 0 atom stereocenters. The van der Waals surface area contributed by atoms with Gasteiger partial charge in [0.25, 0.3) is 0 Å². The summed E-state index contributed by atoms with van der Waals surface area (Å²) in [5.74, 6) is 0. The highest BCUT2D eigenvalue weighted by Crippen LogP contribution is 2.24. The largest absolute Gasteiger partial charge is 0.317 e. The number of hydrogen-bond acceptors (Lipinski definition) is 5. The molecule has 0 fully saturated rings. The van der Waals surface area contributed by atoms with Crippen molar-refractivity contribution in [3.63, 3.8) is 0 Å². The summed E-state index contributed by atoms with van der Waals surface area (Å²) in [7, 11) is -2.25. The molecule has 0 aromatic heterocycles. The summed E-state index contributed by atoms with van der Waals surface area (Å²) in [5.41, 5.74) is 0.802. The van der Waals surface area contributed by atoms with Gasteiger partial charge in [-0.3, -0.25) is 0 Å². The zero-order valence-electron chi connectivity index (χ0n) is 10.2. The van der Waals surface area contributed by atoms with E-state index >= 15 is 0 Å². The van der Waals surface area contributed by atoms with Crippen LogP contribution in [0.2, 0.25) is 0 Å². The zero-order chi connectivity index (χ0) is 14.4. The second-order valence-electron chi connectivity index (χ2n) is 3.84. The molecule has 0 bridgehead atoms. The van der Waals surface area contributed by atoms with E-state index in [2.05, 4.69) is 9.98 Å². The van der Waals surface area contributed by atoms with E-state index in [0.717, 1.165) is 0 Å². The first-order valence-corrected chi connectivity index (χ1v) is 7.06. The van der Waals surface area contributed by atoms with Crippen molar-refractivity contribution in [2.24, 2.45) is 9.98 Å². The van der Waals surface area contributed by atoms with E-state index in [1.165, 1.54) is 12.2 Å². The maximum atomic E-state index is 12.5. The van der Waals surface area contributed by atoms with E-state index in [1.807, 2.05) is 0 Å². The van der Waals surface area contributed by atoms with Gasteiger partial charge in [0, 0.05) is 10.6 Å². The van der Waals surface area contributed by atoms with Gasteiger partial charge in [-0.25, -0.2) is 9.59 Å². The summed E-state index contributed by atoms with van der Waals surface area (Å²) in [6.45, 7) is 0. The van der Waals surface area contributed by atoms with Gasteiger partial charge < -0.3 is 4.57 Å². The van der Waals surface area contributed by atoms with E-state index in [4.69, 9.17) is 0 Å². The number of carbonyl (C=O) groups excluding carboxylic acids is 2. The van der Waals surface area contributed by atoms with Gasteiger partial charge in [-0.05, 0) is 24.3 Å². The van der Waals surface area contributed by atoms with Crippen LogP contribution < -0.4 is 10.6 Å². The molecule has 0 heterocycles. The first kappa shape index (κ1) is 13.9. The first-order chi connectivity index (χ1) is 9.74. The topological polar surface area (TPSA) is 75.9 Å². The summed E-state index contributed by atoms with van der Waals surface area (Å²) in [6, 6.07) is 13.1. The van der Waals surface area contributed by atoms with E-state index in [-0.39, 0.29) is 0 Å². The second-order valence-corrected chi connectivity index (χ2v) is 5.65. The average Bonchev–Trinajstić information content (AvgIpc) is 2.48. The Balaban J connectivity index is 2.40. The van der Waals surface area contributed by atoms with Crippen LogP contribution in [0.4, 0.5) is 11.4 Å². The van der Waals surface area contributed by atoms with Crippen LogP contribution in [-0.4, -0.2) is 12.2 Å². The highest BCUT2D eigenvalue weighted by Gasteiger charge is 2.08. The molecular weight excluding hydrogens is 275 g/mol. The molecule has 0 saturated heterocycles. The Bertz CT molecular complexity index is 697. The van der Waals surface area contributed by atoms with Crippen molar-refractivity contribution in [1.82, 2.24) is 0 Å². The quantitative estimate of drug-likeness (QED) is 0.490. The molecule has 0 radical (unpaired) electrons. The van der Waals surface area contributed by atoms with E-state index in [0.29, 0.717) is 22.0 Å². The molecule has 0 aliphatic carbocycles. The molecule has 0 spiro atoms. The molecule has 2 rings (SSSR count). The van der Waals surface area contributed by atoms with Crippen molar-refractivity contribution < 1.29 is 14.2 Å². The molecule has 98 valence electrons. The molecule has 5 nitrogen and oxygen atoms in total. The molecular formula is C14H9N2O3P. The smallest absolute Gasteiger partial charge is 0.240 e. The molecule has 0 N–H and O–H groups in total. The lowest BCUT2D eigenvalue weighted by Gasteiger charge is -2.04. The number of rotatable bonds is 4. The van der Waals surface area contributed by atoms with E-state index in [1.54, 1.807) is 48.5 Å². The van der Waals surface area contributed by atoms with Crippen LogP contribution in [0.25, 0.3) is 0 Å². The van der Waals surface area contributed by atoms with Gasteiger partial charge in [-0.1, -0.05) is 24.3 Å². The molecule has 0 aliphatic rings. The zero-order valence-corrected chi connectivity index (χ0v) is 11.2. The van der Waals surface area contributed by atoms with Crippen molar-refractivity contribution in [1.29, 1.82) is 0 Å². The number of hydrogen-bond donors (Lipinski definition) is 0. The Morgan fingerprint density at radius 1 is 0.800 bits per heavy atom. The van der Waals surface area contributed by atoms with Gasteiger partial charge in [-0.15, -0.1) is 0 Å². The van der Waals surface area contributed by atoms with Crippen LogP contribution in [-0.2, 0) is 14.2 Å². The predicted octanol–water partition coefficient (Wildman–Crippen LogP) is 2.13. The SMILES string of the molecule is O=C=Nc1cccc([PH](=O)c2cccc(N=C=O)c2)c1. The highest BCUT2D eigenvalue weighted by molar-refractivity contribution is 7.61. The Labute approximate surface area is 115 Å². The molecule has 6 heteroatoms. The van der Waals surface area contributed by atoms with Crippen molar-refractivity contribution in [3.8, 4) is 0 Å². The minimum absolute atomic E-state index is 0.401. The third kappa shape index (κ3) is 3.25. The Kier molecular flexibility index (Phi) is 4.54. The number of isocyanates is 2. The molecule has 2 aromatic rings. The highest BCUT2D eigenvalue weighted by atomic mass is 31.1. The lowest BCUT2D eigenvalue weighted by molar-refractivity contribution is 0.564. The molecule has 2 aromatic carbocycles. The van der Waals surface area contributed by atoms with Crippen LogP contribution >= 0.6 is 7.80 Å². The van der Waals surface area contributed by atoms with Gasteiger partial charge in [0.05, 0.1) is 11.4 Å². The standard InChI is InChI=1S/C14H9N2O3P/c17-9-15-11-3-1-5-13(7-11)20(19)14-6-2-4-12(8-14)16-10-18/h1-8,20H. The van der Waals surface area contributed by atoms with Gasteiger partial charge in [0.1, 0.15) is 7.80 Å². The van der Waals surface area contributed by atoms with Crippen molar-refractivity contribution in [3.05, 3.63) is 48.5 Å². The molecule has 0 amide bonds. The van der Waals surface area contributed by atoms with Gasteiger partial charge >= 0.3 is 0 Å². The van der Waals surface area contributed by atoms with Gasteiger partial charge in [-0.2, -0.15) is 9.98 Å². The van der Waals surface area contributed by atoms with Crippen LogP contribution in [0.3, 0.4) is 0 Å². The van der Waals surface area contributed by atoms with E-state index < -0.39 is 7.80 Å². The monoisotopic (exact) mass is 284 g/mol. The first-order valence-electron chi connectivity index (χ1n) is 5.65. The second kappa shape index (κ2) is 6.55. The van der Waals surface area contributed by atoms with Crippen LogP contribution in [0.15, 0.2) is 58.5 Å². The van der Waals surface area contributed by atoms with Crippen LogP contribution in [0, 0.1) is 0 Å². The minimum atomic E-state index is -2.25. The van der Waals surface area contributed by atoms with Crippen molar-refractivity contribution in [2.75, 3.05) is 0 Å². The fraction of sp³-hybridized carbons (Fsp3) is 0. The summed E-state index contributed by atoms with van der Waals surface area (Å²) in [5, 5.41) is 1.14. The van der Waals surface area contributed by atoms with Gasteiger partial charge in [0.2, 0.25) is 12.2 Å². The third-order valence-corrected chi connectivity index (χ3v) is 4.24. The molecule has 0 aliphatic heterocycles. The number of aliphatic imine (C=N–C) groups is 2. The minimum Gasteiger partial charge on any atom is -0.317 e. The number of nitrogens with zero attached hydrogens (tertiary/aromatic N) is 2. The Morgan fingerprint density at radius 3 is 1.65 bits per heavy atom. The van der Waals surface area contributed by atoms with E-state index in [9.17, 15) is 14.2 Å². The summed E-state index contributed by atoms with van der Waals surface area (Å²) in [4.78, 5) is 27.4. The normalized spacial score (nSPS) is 11.0. The van der Waals surface area contributed by atoms with Crippen molar-refractivity contribution in [2.45, 2.75) is 0 Å². The maximum Gasteiger partial charge on any atom is 0.240 e.